The van der Waals surface area contributed by atoms with E-state index in [1.165, 1.54) is 0 Å². The normalized spacial score (nSPS) is 17.5. The van der Waals surface area contributed by atoms with E-state index in [0.29, 0.717) is 32.8 Å². The van der Waals surface area contributed by atoms with Gasteiger partial charge in [-0.1, -0.05) is 28.1 Å². The predicted molar refractivity (Wildman–Crippen MR) is 96.3 cm³/mol. The molecule has 2 rings (SSSR count). The van der Waals surface area contributed by atoms with Crippen LogP contribution in [-0.2, 0) is 9.53 Å². The number of carbonyl (C=O) groups is 1. The van der Waals surface area contributed by atoms with Crippen LogP contribution in [0.1, 0.15) is 24.5 Å². The van der Waals surface area contributed by atoms with Gasteiger partial charge in [0.1, 0.15) is 0 Å². The van der Waals surface area contributed by atoms with Crippen LogP contribution >= 0.6 is 15.9 Å². The molecule has 1 unspecified atom stereocenters. The molecule has 1 aromatic carbocycles. The average molecular weight is 405 g/mol. The zero-order chi connectivity index (χ0) is 18.1. The average Bonchev–Trinajstić information content (AvgIpc) is 2.62. The fraction of sp³-hybridized carbons (Fsp3) is 0.500. The number of carbonyl (C=O) groups excluding carboxylic acids is 1. The van der Waals surface area contributed by atoms with Crippen molar-refractivity contribution in [3.8, 4) is 12.1 Å². The molecule has 1 aliphatic heterocycles. The Labute approximate surface area is 156 Å². The van der Waals surface area contributed by atoms with Crippen molar-refractivity contribution in [3.05, 3.63) is 34.3 Å². The molecule has 6 nitrogen and oxygen atoms in total. The smallest absolute Gasteiger partial charge is 0.236 e. The standard InChI is InChI=1S/C18H21BrN4O2/c19-16-5-3-15(4-6-16)17-13-22(11-12-25-17)14-18(24)23(9-1-7-20)10-2-8-21/h3-6,17H,1-2,9-14H2. The molecule has 1 fully saturated rings. The van der Waals surface area contributed by atoms with Crippen LogP contribution in [0.2, 0.25) is 0 Å². The molecule has 1 aliphatic rings. The molecular weight excluding hydrogens is 384 g/mol. The van der Waals surface area contributed by atoms with Gasteiger partial charge in [-0.05, 0) is 17.7 Å². The molecule has 1 aromatic rings. The van der Waals surface area contributed by atoms with E-state index in [-0.39, 0.29) is 31.4 Å². The lowest BCUT2D eigenvalue weighted by molar-refractivity contribution is -0.134. The van der Waals surface area contributed by atoms with Crippen molar-refractivity contribution in [1.82, 2.24) is 9.80 Å². The van der Waals surface area contributed by atoms with Crippen LogP contribution in [0.3, 0.4) is 0 Å². The monoisotopic (exact) mass is 404 g/mol. The Bertz CT molecular complexity index is 633. The number of hydrogen-bond donors (Lipinski definition) is 0. The molecule has 132 valence electrons. The molecule has 1 saturated heterocycles. The van der Waals surface area contributed by atoms with E-state index in [4.69, 9.17) is 15.3 Å². The predicted octanol–water partition coefficient (Wildman–Crippen LogP) is 2.48. The summed E-state index contributed by atoms with van der Waals surface area (Å²) in [5, 5.41) is 17.5. The Balaban J connectivity index is 1.93. The fourth-order valence-electron chi connectivity index (χ4n) is 2.75. The molecular formula is C18H21BrN4O2. The number of morpholine rings is 1. The molecule has 7 heteroatoms. The van der Waals surface area contributed by atoms with E-state index in [0.717, 1.165) is 10.0 Å². The van der Waals surface area contributed by atoms with E-state index in [9.17, 15) is 4.79 Å². The number of halogens is 1. The van der Waals surface area contributed by atoms with Crippen LogP contribution in [0.4, 0.5) is 0 Å². The third-order valence-electron chi connectivity index (χ3n) is 4.09. The van der Waals surface area contributed by atoms with E-state index in [1.807, 2.05) is 24.3 Å². The quantitative estimate of drug-likeness (QED) is 0.696. The second-order valence-corrected chi connectivity index (χ2v) is 6.76. The van der Waals surface area contributed by atoms with E-state index < -0.39 is 0 Å². The highest BCUT2D eigenvalue weighted by molar-refractivity contribution is 9.10. The summed E-state index contributed by atoms with van der Waals surface area (Å²) in [5.41, 5.74) is 1.09. The van der Waals surface area contributed by atoms with Gasteiger partial charge in [-0.15, -0.1) is 0 Å². The minimum atomic E-state index is -0.0543. The number of amides is 1. The van der Waals surface area contributed by atoms with Crippen molar-refractivity contribution < 1.29 is 9.53 Å². The highest BCUT2D eigenvalue weighted by Gasteiger charge is 2.25. The van der Waals surface area contributed by atoms with Gasteiger partial charge in [0.25, 0.3) is 0 Å². The summed E-state index contributed by atoms with van der Waals surface area (Å²) in [6.45, 7) is 2.95. The summed E-state index contributed by atoms with van der Waals surface area (Å²) >= 11 is 3.42. The molecule has 1 atom stereocenters. The van der Waals surface area contributed by atoms with Crippen molar-refractivity contribution in [3.63, 3.8) is 0 Å². The molecule has 1 heterocycles. The Kier molecular flexibility index (Phi) is 7.87. The van der Waals surface area contributed by atoms with Crippen LogP contribution in [-0.4, -0.2) is 55.0 Å². The van der Waals surface area contributed by atoms with Crippen molar-refractivity contribution in [1.29, 1.82) is 10.5 Å². The van der Waals surface area contributed by atoms with Crippen LogP contribution < -0.4 is 0 Å². The van der Waals surface area contributed by atoms with Gasteiger partial charge in [0.15, 0.2) is 0 Å². The first-order chi connectivity index (χ1) is 12.1. The van der Waals surface area contributed by atoms with Crippen LogP contribution in [0, 0.1) is 22.7 Å². The van der Waals surface area contributed by atoms with E-state index in [2.05, 4.69) is 33.0 Å². The zero-order valence-corrected chi connectivity index (χ0v) is 15.6. The number of rotatable bonds is 7. The number of ether oxygens (including phenoxy) is 1. The summed E-state index contributed by atoms with van der Waals surface area (Å²) in [6, 6.07) is 12.1. The lowest BCUT2D eigenvalue weighted by Gasteiger charge is -2.34. The van der Waals surface area contributed by atoms with Gasteiger partial charge in [0.05, 0.1) is 44.2 Å². The topological polar surface area (TPSA) is 80.4 Å². The molecule has 0 N–H and O–H groups in total. The van der Waals surface area contributed by atoms with Crippen molar-refractivity contribution >= 4 is 21.8 Å². The molecule has 1 amide bonds. The van der Waals surface area contributed by atoms with Gasteiger partial charge in [0.2, 0.25) is 5.91 Å². The van der Waals surface area contributed by atoms with Crippen LogP contribution in [0.15, 0.2) is 28.7 Å². The summed E-state index contributed by atoms with van der Waals surface area (Å²) in [5.74, 6) is -0.0399. The van der Waals surface area contributed by atoms with Gasteiger partial charge in [-0.3, -0.25) is 9.69 Å². The Morgan fingerprint density at radius 1 is 1.24 bits per heavy atom. The SMILES string of the molecule is N#CCCN(CCC#N)C(=O)CN1CCOC(c2ccc(Br)cc2)C1. The number of hydrogen-bond acceptors (Lipinski definition) is 5. The zero-order valence-electron chi connectivity index (χ0n) is 14.0. The van der Waals surface area contributed by atoms with Crippen molar-refractivity contribution in [2.24, 2.45) is 0 Å². The third-order valence-corrected chi connectivity index (χ3v) is 4.62. The maximum absolute atomic E-state index is 12.5. The van der Waals surface area contributed by atoms with Gasteiger partial charge in [-0.2, -0.15) is 10.5 Å². The lowest BCUT2D eigenvalue weighted by atomic mass is 10.1. The minimum absolute atomic E-state index is 0.0399. The van der Waals surface area contributed by atoms with E-state index in [1.54, 1.807) is 4.90 Å². The number of nitriles is 2. The minimum Gasteiger partial charge on any atom is -0.371 e. The summed E-state index contributed by atoms with van der Waals surface area (Å²) in [6.07, 6.45) is 0.505. The van der Waals surface area contributed by atoms with Crippen LogP contribution in [0.5, 0.6) is 0 Å². The van der Waals surface area contributed by atoms with Crippen molar-refractivity contribution in [2.45, 2.75) is 18.9 Å². The Morgan fingerprint density at radius 3 is 2.48 bits per heavy atom. The maximum Gasteiger partial charge on any atom is 0.236 e. The van der Waals surface area contributed by atoms with Gasteiger partial charge in [-0.25, -0.2) is 0 Å². The van der Waals surface area contributed by atoms with E-state index >= 15 is 0 Å². The molecule has 0 bridgehead atoms. The summed E-state index contributed by atoms with van der Waals surface area (Å²) < 4.78 is 6.86. The molecule has 0 radical (unpaired) electrons. The first-order valence-electron chi connectivity index (χ1n) is 8.25. The first kappa shape index (κ1) is 19.4. The molecule has 25 heavy (non-hydrogen) atoms. The molecule has 0 spiro atoms. The second kappa shape index (κ2) is 10.1. The fourth-order valence-corrected chi connectivity index (χ4v) is 3.01. The lowest BCUT2D eigenvalue weighted by Crippen LogP contribution is -2.46. The summed E-state index contributed by atoms with van der Waals surface area (Å²) in [4.78, 5) is 16.2. The van der Waals surface area contributed by atoms with Gasteiger partial charge < -0.3 is 9.64 Å². The Morgan fingerprint density at radius 2 is 1.88 bits per heavy atom. The van der Waals surface area contributed by atoms with Gasteiger partial charge >= 0.3 is 0 Å². The maximum atomic E-state index is 12.5. The first-order valence-corrected chi connectivity index (χ1v) is 9.04. The van der Waals surface area contributed by atoms with Crippen molar-refractivity contribution in [2.75, 3.05) is 39.3 Å². The molecule has 0 aliphatic carbocycles. The second-order valence-electron chi connectivity index (χ2n) is 5.84. The molecule has 0 aromatic heterocycles. The number of benzene rings is 1. The van der Waals surface area contributed by atoms with Crippen LogP contribution in [0.25, 0.3) is 0 Å². The van der Waals surface area contributed by atoms with Gasteiger partial charge in [0, 0.05) is 30.7 Å². The molecule has 0 saturated carbocycles. The highest BCUT2D eigenvalue weighted by atomic mass is 79.9. The highest BCUT2D eigenvalue weighted by Crippen LogP contribution is 2.23. The Hall–Kier alpha value is -1.93. The largest absolute Gasteiger partial charge is 0.371 e. The summed E-state index contributed by atoms with van der Waals surface area (Å²) in [7, 11) is 0. The third kappa shape index (κ3) is 6.13. The number of nitrogens with zero attached hydrogens (tertiary/aromatic N) is 4.